The number of benzene rings is 2. The predicted molar refractivity (Wildman–Crippen MR) is 120 cm³/mol. The summed E-state index contributed by atoms with van der Waals surface area (Å²) in [6, 6.07) is 19.3. The van der Waals surface area contributed by atoms with Gasteiger partial charge in [0.2, 0.25) is 11.7 Å². The molecule has 0 bridgehead atoms. The third-order valence-corrected chi connectivity index (χ3v) is 5.01. The third kappa shape index (κ3) is 4.93. The first-order valence-corrected chi connectivity index (χ1v) is 10.1. The van der Waals surface area contributed by atoms with Crippen molar-refractivity contribution in [2.45, 2.75) is 33.3 Å². The van der Waals surface area contributed by atoms with Gasteiger partial charge in [0.05, 0.1) is 11.6 Å². The lowest BCUT2D eigenvalue weighted by Crippen LogP contribution is -2.25. The lowest BCUT2D eigenvalue weighted by atomic mass is 10.1. The fourth-order valence-electron chi connectivity index (χ4n) is 3.45. The number of aromatic nitrogens is 1. The highest BCUT2D eigenvalue weighted by Crippen LogP contribution is 2.23. The normalized spacial score (nSPS) is 11.3. The van der Waals surface area contributed by atoms with Crippen LogP contribution in [0.2, 0.25) is 0 Å². The number of Topliss-reactive ketones (excluding diaryl/α,β-unsaturated/α-hetero) is 1. The number of para-hydroxylation sites is 1. The molecule has 0 aliphatic rings. The van der Waals surface area contributed by atoms with Crippen LogP contribution in [0.5, 0.6) is 0 Å². The summed E-state index contributed by atoms with van der Waals surface area (Å²) in [5, 5.41) is 11.1. The second-order valence-electron chi connectivity index (χ2n) is 7.33. The highest BCUT2D eigenvalue weighted by Gasteiger charge is 2.24. The maximum Gasteiger partial charge on any atom is 0.338 e. The van der Waals surface area contributed by atoms with Crippen molar-refractivity contribution in [2.24, 2.45) is 0 Å². The number of nitrogens with zero attached hydrogens (tertiary/aromatic N) is 2. The van der Waals surface area contributed by atoms with Gasteiger partial charge in [-0.05, 0) is 63.2 Å². The average Bonchev–Trinajstić information content (AvgIpc) is 3.08. The molecule has 162 valence electrons. The quantitative estimate of drug-likeness (QED) is 0.444. The molecule has 3 aromatic rings. The minimum absolute atomic E-state index is 0.248. The largest absolute Gasteiger partial charge is 0.451 e. The fourth-order valence-corrected chi connectivity index (χ4v) is 3.45. The first kappa shape index (κ1) is 22.5. The number of carbonyl (C=O) groups is 3. The Hall–Kier alpha value is -4.18. The molecule has 0 unspecified atom stereocenters. The molecule has 32 heavy (non-hydrogen) atoms. The van der Waals surface area contributed by atoms with Gasteiger partial charge in [0.25, 0.3) is 0 Å². The van der Waals surface area contributed by atoms with Gasteiger partial charge in [-0.2, -0.15) is 5.26 Å². The monoisotopic (exact) mass is 429 g/mol. The third-order valence-electron chi connectivity index (χ3n) is 5.01. The first-order chi connectivity index (χ1) is 15.3. The van der Waals surface area contributed by atoms with Gasteiger partial charge in [-0.25, -0.2) is 4.79 Å². The number of carbonyl (C=O) groups excluding carboxylic acids is 3. The molecular formula is C25H23N3O4. The Bertz CT molecular complexity index is 1190. The van der Waals surface area contributed by atoms with Crippen molar-refractivity contribution in [2.75, 3.05) is 5.32 Å². The number of hydrogen-bond donors (Lipinski definition) is 1. The van der Waals surface area contributed by atoms with E-state index in [1.807, 2.05) is 48.7 Å². The Morgan fingerprint density at radius 2 is 1.72 bits per heavy atom. The van der Waals surface area contributed by atoms with Crippen molar-refractivity contribution in [3.63, 3.8) is 0 Å². The molecule has 1 N–H and O–H groups in total. The summed E-state index contributed by atoms with van der Waals surface area (Å²) in [4.78, 5) is 37.0. The van der Waals surface area contributed by atoms with E-state index in [0.717, 1.165) is 17.1 Å². The Kier molecular flexibility index (Phi) is 6.86. The number of nitrogens with one attached hydrogen (secondary N) is 1. The van der Waals surface area contributed by atoms with E-state index in [9.17, 15) is 14.4 Å². The molecule has 0 aliphatic heterocycles. The van der Waals surface area contributed by atoms with Crippen molar-refractivity contribution in [3.8, 4) is 11.8 Å². The lowest BCUT2D eigenvalue weighted by molar-refractivity contribution is -0.115. The maximum atomic E-state index is 13.0. The summed E-state index contributed by atoms with van der Waals surface area (Å²) < 4.78 is 7.38. The van der Waals surface area contributed by atoms with E-state index in [0.29, 0.717) is 11.3 Å². The van der Waals surface area contributed by atoms with Crippen molar-refractivity contribution >= 4 is 23.3 Å². The second kappa shape index (κ2) is 9.75. The van der Waals surface area contributed by atoms with Crippen LogP contribution < -0.4 is 5.32 Å². The Morgan fingerprint density at radius 3 is 2.34 bits per heavy atom. The van der Waals surface area contributed by atoms with Crippen molar-refractivity contribution in [1.82, 2.24) is 4.57 Å². The second-order valence-corrected chi connectivity index (χ2v) is 7.33. The van der Waals surface area contributed by atoms with Crippen LogP contribution >= 0.6 is 0 Å². The van der Waals surface area contributed by atoms with E-state index in [1.54, 1.807) is 19.1 Å². The Labute approximate surface area is 186 Å². The van der Waals surface area contributed by atoms with E-state index in [-0.39, 0.29) is 17.8 Å². The number of aryl methyl sites for hydroxylation is 1. The van der Waals surface area contributed by atoms with Crippen LogP contribution in [0.1, 0.15) is 45.4 Å². The molecule has 0 radical (unpaired) electrons. The smallest absolute Gasteiger partial charge is 0.338 e. The van der Waals surface area contributed by atoms with Crippen LogP contribution in [0, 0.1) is 25.2 Å². The predicted octanol–water partition coefficient (Wildman–Crippen LogP) is 4.37. The molecule has 7 heteroatoms. The van der Waals surface area contributed by atoms with Gasteiger partial charge in [0.15, 0.2) is 6.10 Å². The minimum Gasteiger partial charge on any atom is -0.451 e. The van der Waals surface area contributed by atoms with E-state index in [2.05, 4.69) is 5.32 Å². The van der Waals surface area contributed by atoms with Crippen LogP contribution in [0.25, 0.3) is 5.69 Å². The van der Waals surface area contributed by atoms with Crippen LogP contribution in [0.15, 0.2) is 60.7 Å². The summed E-state index contributed by atoms with van der Waals surface area (Å²) in [6.45, 7) is 5.33. The molecule has 2 aromatic carbocycles. The van der Waals surface area contributed by atoms with Crippen molar-refractivity contribution < 1.29 is 19.1 Å². The fraction of sp³-hybridized carbons (Fsp3) is 0.200. The van der Waals surface area contributed by atoms with Crippen LogP contribution in [0.3, 0.4) is 0 Å². The van der Waals surface area contributed by atoms with Gasteiger partial charge in [-0.15, -0.1) is 0 Å². The zero-order valence-corrected chi connectivity index (χ0v) is 18.1. The number of ether oxygens (including phenoxy) is 1. The summed E-state index contributed by atoms with van der Waals surface area (Å²) in [6.07, 6.45) is -1.23. The molecule has 0 saturated carbocycles. The molecular weight excluding hydrogens is 406 g/mol. The zero-order valence-electron chi connectivity index (χ0n) is 18.1. The molecule has 0 fully saturated rings. The van der Waals surface area contributed by atoms with E-state index in [4.69, 9.17) is 10.00 Å². The minimum atomic E-state index is -0.970. The SMILES string of the molecule is Cc1cc(C(=O)[C@@H](C)OC(=O)c2ccc(NC(=O)CC#N)cc2)c(C)n1-c1ccccc1. The van der Waals surface area contributed by atoms with Gasteiger partial charge in [-0.3, -0.25) is 9.59 Å². The van der Waals surface area contributed by atoms with E-state index in [1.165, 1.54) is 24.3 Å². The van der Waals surface area contributed by atoms with Gasteiger partial charge < -0.3 is 14.6 Å². The molecule has 1 aromatic heterocycles. The molecule has 1 heterocycles. The van der Waals surface area contributed by atoms with Gasteiger partial charge in [-0.1, -0.05) is 18.2 Å². The molecule has 1 amide bonds. The molecule has 1 atom stereocenters. The lowest BCUT2D eigenvalue weighted by Gasteiger charge is -2.13. The number of ketones is 1. The first-order valence-electron chi connectivity index (χ1n) is 10.1. The molecule has 0 spiro atoms. The summed E-state index contributed by atoms with van der Waals surface area (Å²) in [5.41, 5.74) is 3.84. The molecule has 7 nitrogen and oxygen atoms in total. The van der Waals surface area contributed by atoms with Crippen molar-refractivity contribution in [1.29, 1.82) is 5.26 Å². The van der Waals surface area contributed by atoms with Gasteiger partial charge in [0.1, 0.15) is 6.42 Å². The van der Waals surface area contributed by atoms with Crippen LogP contribution in [0.4, 0.5) is 5.69 Å². The zero-order chi connectivity index (χ0) is 23.3. The standard InChI is InChI=1S/C25H23N3O4/c1-16-15-22(17(2)28(16)21-7-5-4-6-8-21)24(30)18(3)32-25(31)19-9-11-20(12-10-19)27-23(29)13-14-26/h4-12,15,18H,13H2,1-3H3,(H,27,29)/t18-/m1/s1. The summed E-state index contributed by atoms with van der Waals surface area (Å²) >= 11 is 0. The highest BCUT2D eigenvalue weighted by molar-refractivity contribution is 6.02. The number of hydrogen-bond acceptors (Lipinski definition) is 5. The van der Waals surface area contributed by atoms with Crippen molar-refractivity contribution in [3.05, 3.63) is 83.2 Å². The maximum absolute atomic E-state index is 13.0. The van der Waals surface area contributed by atoms with Crippen LogP contribution in [-0.2, 0) is 9.53 Å². The van der Waals surface area contributed by atoms with Gasteiger partial charge in [0, 0.05) is 28.3 Å². The van der Waals surface area contributed by atoms with E-state index >= 15 is 0 Å². The molecule has 0 aliphatic carbocycles. The molecule has 3 rings (SSSR count). The average molecular weight is 429 g/mol. The van der Waals surface area contributed by atoms with Crippen LogP contribution in [-0.4, -0.2) is 28.3 Å². The topological polar surface area (TPSA) is 101 Å². The number of rotatable bonds is 7. The van der Waals surface area contributed by atoms with Gasteiger partial charge >= 0.3 is 5.97 Å². The Morgan fingerprint density at radius 1 is 1.06 bits per heavy atom. The van der Waals surface area contributed by atoms with E-state index < -0.39 is 18.0 Å². The number of anilines is 1. The summed E-state index contributed by atoms with van der Waals surface area (Å²) in [7, 11) is 0. The highest BCUT2D eigenvalue weighted by atomic mass is 16.5. The number of nitriles is 1. The summed E-state index contributed by atoms with van der Waals surface area (Å²) in [5.74, 6) is -1.36. The number of esters is 1. The Balaban J connectivity index is 1.70. The number of amides is 1. The molecule has 0 saturated heterocycles.